The first-order valence-corrected chi connectivity index (χ1v) is 7.74. The topological polar surface area (TPSA) is 32.3 Å². The Morgan fingerprint density at radius 2 is 2.00 bits per heavy atom. The predicted molar refractivity (Wildman–Crippen MR) is 83.9 cm³/mol. The van der Waals surface area contributed by atoms with Gasteiger partial charge in [0.25, 0.3) is 5.91 Å². The highest BCUT2D eigenvalue weighted by Crippen LogP contribution is 2.35. The Hall–Kier alpha value is -1.51. The van der Waals surface area contributed by atoms with Crippen molar-refractivity contribution in [2.75, 3.05) is 5.32 Å². The zero-order valence-electron chi connectivity index (χ0n) is 13.1. The lowest BCUT2D eigenvalue weighted by molar-refractivity contribution is 0.0381. The van der Waals surface area contributed by atoms with E-state index in [1.807, 2.05) is 29.2 Å². The Kier molecular flexibility index (Phi) is 4.36. The molecule has 0 saturated heterocycles. The van der Waals surface area contributed by atoms with Crippen LogP contribution < -0.4 is 5.32 Å². The Balaban J connectivity index is 2.42. The van der Waals surface area contributed by atoms with Crippen LogP contribution in [-0.2, 0) is 0 Å². The summed E-state index contributed by atoms with van der Waals surface area (Å²) < 4.78 is 0. The van der Waals surface area contributed by atoms with Crippen molar-refractivity contribution >= 4 is 11.6 Å². The number of carbonyl (C=O) groups is 1. The summed E-state index contributed by atoms with van der Waals surface area (Å²) in [6, 6.07) is 8.08. The molecule has 1 N–H and O–H groups in total. The number of nitrogens with zero attached hydrogens (tertiary/aromatic N) is 1. The summed E-state index contributed by atoms with van der Waals surface area (Å²) in [7, 11) is 0. The molecule has 2 rings (SSSR count). The van der Waals surface area contributed by atoms with Gasteiger partial charge >= 0.3 is 0 Å². The molecule has 0 aromatic heterocycles. The van der Waals surface area contributed by atoms with E-state index in [4.69, 9.17) is 0 Å². The van der Waals surface area contributed by atoms with Crippen LogP contribution in [0, 0.1) is 0 Å². The normalized spacial score (nSPS) is 23.2. The van der Waals surface area contributed by atoms with E-state index >= 15 is 0 Å². The van der Waals surface area contributed by atoms with Gasteiger partial charge in [0.2, 0.25) is 0 Å². The summed E-state index contributed by atoms with van der Waals surface area (Å²) in [5.74, 6) is 0.160. The lowest BCUT2D eigenvalue weighted by Crippen LogP contribution is -2.61. The van der Waals surface area contributed by atoms with Crippen LogP contribution in [0.1, 0.15) is 63.7 Å². The van der Waals surface area contributed by atoms with E-state index in [9.17, 15) is 4.79 Å². The summed E-state index contributed by atoms with van der Waals surface area (Å²) in [6.07, 6.45) is 4.21. The third kappa shape index (κ3) is 2.54. The van der Waals surface area contributed by atoms with Gasteiger partial charge in [-0.15, -0.1) is 0 Å². The number of fused-ring (bicyclic) bond motifs is 1. The zero-order valence-corrected chi connectivity index (χ0v) is 13.1. The Morgan fingerprint density at radius 1 is 1.30 bits per heavy atom. The molecule has 0 aliphatic carbocycles. The predicted octanol–water partition coefficient (Wildman–Crippen LogP) is 4.26. The number of rotatable bonds is 5. The summed E-state index contributed by atoms with van der Waals surface area (Å²) in [5.41, 5.74) is 1.48. The lowest BCUT2D eigenvalue weighted by atomic mass is 9.93. The lowest BCUT2D eigenvalue weighted by Gasteiger charge is -2.49. The maximum absolute atomic E-state index is 12.9. The number of unbranched alkanes of at least 4 members (excludes halogenated alkanes) is 1. The van der Waals surface area contributed by atoms with Crippen LogP contribution >= 0.6 is 0 Å². The molecular weight excluding hydrogens is 248 g/mol. The minimum Gasteiger partial charge on any atom is -0.362 e. The SMILES string of the molecule is CCCCC1(C)Nc2ccccc2C(=O)N1C(C)CC. The molecule has 0 fully saturated rings. The molecule has 1 aliphatic rings. The first kappa shape index (κ1) is 14.9. The van der Waals surface area contributed by atoms with Crippen molar-refractivity contribution in [2.24, 2.45) is 0 Å². The second-order valence-corrected chi connectivity index (χ2v) is 5.98. The number of nitrogens with one attached hydrogen (secondary N) is 1. The average Bonchev–Trinajstić information content (AvgIpc) is 2.45. The molecule has 1 aromatic rings. The highest BCUT2D eigenvalue weighted by atomic mass is 16.2. The number of amides is 1. The maximum atomic E-state index is 12.9. The number of hydrogen-bond donors (Lipinski definition) is 1. The van der Waals surface area contributed by atoms with Crippen LogP contribution in [0.5, 0.6) is 0 Å². The minimum absolute atomic E-state index is 0.160. The first-order valence-electron chi connectivity index (χ1n) is 7.74. The van der Waals surface area contributed by atoms with Crippen molar-refractivity contribution in [3.05, 3.63) is 29.8 Å². The van der Waals surface area contributed by atoms with Gasteiger partial charge in [-0.2, -0.15) is 0 Å². The molecule has 0 radical (unpaired) electrons. The quantitative estimate of drug-likeness (QED) is 0.870. The first-order chi connectivity index (χ1) is 9.53. The van der Waals surface area contributed by atoms with Crippen molar-refractivity contribution in [1.29, 1.82) is 0 Å². The van der Waals surface area contributed by atoms with Gasteiger partial charge in [0.05, 0.1) is 5.56 Å². The van der Waals surface area contributed by atoms with Crippen LogP contribution in [0.2, 0.25) is 0 Å². The van der Waals surface area contributed by atoms with E-state index in [0.29, 0.717) is 0 Å². The van der Waals surface area contributed by atoms with E-state index in [1.54, 1.807) is 0 Å². The van der Waals surface area contributed by atoms with E-state index in [1.165, 1.54) is 0 Å². The Morgan fingerprint density at radius 3 is 2.65 bits per heavy atom. The molecule has 1 heterocycles. The van der Waals surface area contributed by atoms with Gasteiger partial charge in [-0.05, 0) is 45.2 Å². The fourth-order valence-electron chi connectivity index (χ4n) is 3.06. The van der Waals surface area contributed by atoms with Gasteiger partial charge in [0, 0.05) is 11.7 Å². The molecule has 1 aliphatic heterocycles. The van der Waals surface area contributed by atoms with Crippen LogP contribution in [-0.4, -0.2) is 22.5 Å². The fraction of sp³-hybridized carbons (Fsp3) is 0.588. The van der Waals surface area contributed by atoms with Gasteiger partial charge in [-0.1, -0.05) is 32.4 Å². The van der Waals surface area contributed by atoms with Crippen LogP contribution in [0.4, 0.5) is 5.69 Å². The van der Waals surface area contributed by atoms with Gasteiger partial charge in [-0.25, -0.2) is 0 Å². The van der Waals surface area contributed by atoms with E-state index in [2.05, 4.69) is 33.0 Å². The molecule has 1 amide bonds. The molecule has 0 spiro atoms. The van der Waals surface area contributed by atoms with E-state index < -0.39 is 0 Å². The van der Waals surface area contributed by atoms with Crippen molar-refractivity contribution < 1.29 is 4.79 Å². The van der Waals surface area contributed by atoms with Crippen LogP contribution in [0.25, 0.3) is 0 Å². The molecular formula is C17H26N2O. The monoisotopic (exact) mass is 274 g/mol. The molecule has 2 atom stereocenters. The molecule has 20 heavy (non-hydrogen) atoms. The van der Waals surface area contributed by atoms with Crippen molar-refractivity contribution in [3.8, 4) is 0 Å². The van der Waals surface area contributed by atoms with E-state index in [0.717, 1.165) is 36.9 Å². The van der Waals surface area contributed by atoms with Crippen LogP contribution in [0.15, 0.2) is 24.3 Å². The van der Waals surface area contributed by atoms with Crippen molar-refractivity contribution in [3.63, 3.8) is 0 Å². The Labute approximate surface area is 122 Å². The summed E-state index contributed by atoms with van der Waals surface area (Å²) in [6.45, 7) is 8.62. The standard InChI is InChI=1S/C17H26N2O/c1-5-7-12-17(4)18-15-11-9-8-10-14(15)16(20)19(17)13(3)6-2/h8-11,13,18H,5-7,12H2,1-4H3. The minimum atomic E-state index is -0.281. The number of para-hydroxylation sites is 1. The van der Waals surface area contributed by atoms with Crippen LogP contribution in [0.3, 0.4) is 0 Å². The largest absolute Gasteiger partial charge is 0.362 e. The second-order valence-electron chi connectivity index (χ2n) is 5.98. The summed E-state index contributed by atoms with van der Waals surface area (Å²) in [5, 5.41) is 3.61. The molecule has 0 bridgehead atoms. The number of carbonyl (C=O) groups excluding carboxylic acids is 1. The van der Waals surface area contributed by atoms with Crippen molar-refractivity contribution in [1.82, 2.24) is 4.90 Å². The summed E-state index contributed by atoms with van der Waals surface area (Å²) >= 11 is 0. The second kappa shape index (κ2) is 5.86. The molecule has 110 valence electrons. The average molecular weight is 274 g/mol. The van der Waals surface area contributed by atoms with Crippen molar-refractivity contribution in [2.45, 2.75) is 65.1 Å². The highest BCUT2D eigenvalue weighted by Gasteiger charge is 2.42. The van der Waals surface area contributed by atoms with E-state index in [-0.39, 0.29) is 17.6 Å². The molecule has 0 saturated carbocycles. The summed E-state index contributed by atoms with van der Waals surface area (Å²) in [4.78, 5) is 14.9. The molecule has 3 nitrogen and oxygen atoms in total. The molecule has 1 aromatic carbocycles. The smallest absolute Gasteiger partial charge is 0.258 e. The Bertz CT molecular complexity index is 486. The van der Waals surface area contributed by atoms with Gasteiger partial charge in [0.1, 0.15) is 5.66 Å². The van der Waals surface area contributed by atoms with Gasteiger partial charge < -0.3 is 10.2 Å². The third-order valence-electron chi connectivity index (χ3n) is 4.36. The van der Waals surface area contributed by atoms with Gasteiger partial charge in [-0.3, -0.25) is 4.79 Å². The van der Waals surface area contributed by atoms with Gasteiger partial charge in [0.15, 0.2) is 0 Å². The number of anilines is 1. The third-order valence-corrected chi connectivity index (χ3v) is 4.36. The number of benzene rings is 1. The maximum Gasteiger partial charge on any atom is 0.258 e. The zero-order chi connectivity index (χ0) is 14.8. The molecule has 3 heteroatoms. The fourth-order valence-corrected chi connectivity index (χ4v) is 3.06. The number of hydrogen-bond acceptors (Lipinski definition) is 2. The highest BCUT2D eigenvalue weighted by molar-refractivity contribution is 6.02. The molecule has 2 unspecified atom stereocenters.